The Labute approximate surface area is 242 Å². The maximum absolute atomic E-state index is 12.3. The van der Waals surface area contributed by atoms with Crippen molar-refractivity contribution in [2.24, 2.45) is 0 Å². The lowest BCUT2D eigenvalue weighted by molar-refractivity contribution is -0.135. The van der Waals surface area contributed by atoms with Gasteiger partial charge in [-0.2, -0.15) is 0 Å². The number of rotatable bonds is 19. The summed E-state index contributed by atoms with van der Waals surface area (Å²) in [6, 6.07) is 0. The van der Waals surface area contributed by atoms with Crippen molar-refractivity contribution in [3.63, 3.8) is 0 Å². The molecule has 0 aliphatic carbocycles. The first-order valence-corrected chi connectivity index (χ1v) is 14.3. The van der Waals surface area contributed by atoms with E-state index in [2.05, 4.69) is 20.1 Å². The summed E-state index contributed by atoms with van der Waals surface area (Å²) in [7, 11) is -0.0393. The Morgan fingerprint density at radius 2 is 1.37 bits per heavy atom. The number of hydrogen-bond acceptors (Lipinski definition) is 12. The Kier molecular flexibility index (Phi) is 25.3. The molecule has 0 heterocycles. The van der Waals surface area contributed by atoms with Crippen LogP contribution in [-0.4, -0.2) is 106 Å². The third-order valence-electron chi connectivity index (χ3n) is 4.49. The standard InChI is InChI=1S/C20H39N2O11P.C2H4O3.C2H6/c1-19(2,31-15-17(24)21-5)8-12-30-20(3,4)14-16(23)22-9-13-33-34(27,28-6)32-11-7-10-29-18(25)26;1-5-2(3)4;1-2/h7-15H2,1-6H3,(H,21,24)(H,22,23)(H,25,26);1H3,(H,3,4);1-2H3. The van der Waals surface area contributed by atoms with Crippen molar-refractivity contribution < 1.29 is 66.5 Å². The Morgan fingerprint density at radius 1 is 0.805 bits per heavy atom. The lowest BCUT2D eigenvalue weighted by Crippen LogP contribution is -2.37. The number of ether oxygens (including phenoxy) is 4. The molecule has 0 spiro atoms. The first-order chi connectivity index (χ1) is 19.0. The van der Waals surface area contributed by atoms with E-state index < -0.39 is 31.3 Å². The van der Waals surface area contributed by atoms with Crippen molar-refractivity contribution in [2.75, 3.05) is 60.8 Å². The largest absolute Gasteiger partial charge is 0.505 e. The van der Waals surface area contributed by atoms with Crippen LogP contribution in [0.15, 0.2) is 0 Å². The Balaban J connectivity index is -0.00000184. The molecule has 41 heavy (non-hydrogen) atoms. The van der Waals surface area contributed by atoms with Crippen LogP contribution in [0.2, 0.25) is 0 Å². The van der Waals surface area contributed by atoms with E-state index in [0.29, 0.717) is 13.0 Å². The Bertz CT molecular complexity index is 792. The van der Waals surface area contributed by atoms with Gasteiger partial charge in [0.05, 0.1) is 51.2 Å². The van der Waals surface area contributed by atoms with Crippen LogP contribution in [0, 0.1) is 0 Å². The molecule has 0 aromatic heterocycles. The smallest absolute Gasteiger partial charge is 0.450 e. The lowest BCUT2D eigenvalue weighted by Gasteiger charge is -2.29. The van der Waals surface area contributed by atoms with E-state index in [9.17, 15) is 18.9 Å². The summed E-state index contributed by atoms with van der Waals surface area (Å²) in [5.74, 6) is -0.503. The second-order valence-corrected chi connectivity index (χ2v) is 10.6. The van der Waals surface area contributed by atoms with Gasteiger partial charge < -0.3 is 39.8 Å². The molecule has 0 fully saturated rings. The predicted molar refractivity (Wildman–Crippen MR) is 148 cm³/mol. The first-order valence-electron chi connectivity index (χ1n) is 12.8. The summed E-state index contributed by atoms with van der Waals surface area (Å²) >= 11 is 0. The van der Waals surface area contributed by atoms with Crippen molar-refractivity contribution >= 4 is 31.9 Å². The summed E-state index contributed by atoms with van der Waals surface area (Å²) in [4.78, 5) is 42.9. The monoisotopic (exact) mass is 620 g/mol. The fraction of sp³-hybridized carbons (Fsp3) is 0.833. The maximum atomic E-state index is 12.3. The van der Waals surface area contributed by atoms with Gasteiger partial charge in [0.2, 0.25) is 11.8 Å². The number of carbonyl (C=O) groups is 4. The van der Waals surface area contributed by atoms with E-state index in [4.69, 9.17) is 38.1 Å². The number of amides is 2. The number of nitrogens with one attached hydrogen (secondary N) is 2. The molecule has 16 nitrogen and oxygen atoms in total. The second kappa shape index (κ2) is 24.1. The normalized spacial score (nSPS) is 12.3. The fourth-order valence-corrected chi connectivity index (χ4v) is 3.32. The molecule has 0 saturated heterocycles. The molecule has 0 bridgehead atoms. The first kappa shape index (κ1) is 43.0. The number of likely N-dealkylation sites (N-methyl/N-ethyl adjacent to an activating group) is 1. The molecule has 0 rings (SSSR count). The van der Waals surface area contributed by atoms with Crippen LogP contribution in [-0.2, 0) is 46.7 Å². The van der Waals surface area contributed by atoms with E-state index in [-0.39, 0.29) is 57.6 Å². The molecule has 0 aromatic rings. The highest BCUT2D eigenvalue weighted by Crippen LogP contribution is 2.48. The van der Waals surface area contributed by atoms with Crippen LogP contribution < -0.4 is 10.6 Å². The lowest BCUT2D eigenvalue weighted by atomic mass is 10.0. The van der Waals surface area contributed by atoms with Crippen molar-refractivity contribution in [1.29, 1.82) is 0 Å². The third kappa shape index (κ3) is 28.8. The zero-order valence-corrected chi connectivity index (χ0v) is 26.5. The zero-order chi connectivity index (χ0) is 32.5. The van der Waals surface area contributed by atoms with Gasteiger partial charge in [0.15, 0.2) is 0 Å². The SMILES string of the molecule is CC.CNC(=O)COC(C)(C)CCOC(C)(C)CC(=O)NCCOP(=O)(OC)OCCCOC(=O)O.COC(=O)O. The van der Waals surface area contributed by atoms with Crippen molar-refractivity contribution in [1.82, 2.24) is 10.6 Å². The van der Waals surface area contributed by atoms with Crippen LogP contribution in [0.4, 0.5) is 9.59 Å². The number of methoxy groups -OCH3 is 1. The molecule has 2 amide bonds. The Morgan fingerprint density at radius 3 is 1.85 bits per heavy atom. The molecule has 0 radical (unpaired) electrons. The van der Waals surface area contributed by atoms with Crippen LogP contribution in [0.3, 0.4) is 0 Å². The molecular weight excluding hydrogens is 571 g/mol. The van der Waals surface area contributed by atoms with Gasteiger partial charge in [-0.1, -0.05) is 13.8 Å². The molecule has 0 aliphatic heterocycles. The van der Waals surface area contributed by atoms with E-state index in [1.165, 1.54) is 7.05 Å². The number of carbonyl (C=O) groups excluding carboxylic acids is 2. The third-order valence-corrected chi connectivity index (χ3v) is 5.94. The van der Waals surface area contributed by atoms with E-state index >= 15 is 0 Å². The van der Waals surface area contributed by atoms with Crippen LogP contribution >= 0.6 is 7.82 Å². The van der Waals surface area contributed by atoms with Gasteiger partial charge in [0.25, 0.3) is 0 Å². The maximum Gasteiger partial charge on any atom is 0.505 e. The number of carboxylic acid groups (broad SMARTS) is 2. The molecule has 4 N–H and O–H groups in total. The highest BCUT2D eigenvalue weighted by Gasteiger charge is 2.27. The minimum Gasteiger partial charge on any atom is -0.450 e. The molecule has 1 atom stereocenters. The van der Waals surface area contributed by atoms with Gasteiger partial charge >= 0.3 is 20.1 Å². The average molecular weight is 621 g/mol. The van der Waals surface area contributed by atoms with Crippen LogP contribution in [0.25, 0.3) is 0 Å². The highest BCUT2D eigenvalue weighted by atomic mass is 31.2. The van der Waals surface area contributed by atoms with Crippen molar-refractivity contribution in [2.45, 2.75) is 72.0 Å². The number of hydrogen-bond donors (Lipinski definition) is 4. The molecule has 17 heteroatoms. The van der Waals surface area contributed by atoms with Gasteiger partial charge in [-0.15, -0.1) is 0 Å². The zero-order valence-electron chi connectivity index (χ0n) is 25.6. The summed E-state index contributed by atoms with van der Waals surface area (Å²) in [5.41, 5.74) is -1.31. The topological polar surface area (TPSA) is 214 Å². The fourth-order valence-electron chi connectivity index (χ4n) is 2.36. The minimum absolute atomic E-state index is 0.0441. The van der Waals surface area contributed by atoms with Gasteiger partial charge in [0.1, 0.15) is 6.61 Å². The average Bonchev–Trinajstić information content (AvgIpc) is 2.90. The van der Waals surface area contributed by atoms with Gasteiger partial charge in [-0.05, 0) is 34.1 Å². The number of phosphoric acid groups is 1. The van der Waals surface area contributed by atoms with Crippen LogP contribution in [0.1, 0.15) is 60.8 Å². The molecule has 244 valence electrons. The quantitative estimate of drug-likeness (QED) is 0.0925. The van der Waals surface area contributed by atoms with Crippen molar-refractivity contribution in [3.8, 4) is 0 Å². The Hall–Kier alpha value is -2.49. The van der Waals surface area contributed by atoms with Gasteiger partial charge in [-0.3, -0.25) is 23.2 Å². The van der Waals surface area contributed by atoms with E-state index in [1.54, 1.807) is 13.8 Å². The molecule has 1 unspecified atom stereocenters. The van der Waals surface area contributed by atoms with E-state index in [0.717, 1.165) is 14.2 Å². The second-order valence-electron chi connectivity index (χ2n) is 8.84. The van der Waals surface area contributed by atoms with Crippen molar-refractivity contribution in [3.05, 3.63) is 0 Å². The summed E-state index contributed by atoms with van der Waals surface area (Å²) in [6.07, 6.45) is -1.88. The molecule has 0 aromatic carbocycles. The minimum atomic E-state index is -3.83. The van der Waals surface area contributed by atoms with Gasteiger partial charge in [0, 0.05) is 27.1 Å². The molecule has 0 aliphatic rings. The molecular formula is C24H49N2O14P. The summed E-state index contributed by atoms with van der Waals surface area (Å²) in [5, 5.41) is 21.0. The molecule has 0 saturated carbocycles. The summed E-state index contributed by atoms with van der Waals surface area (Å²) < 4.78 is 46.5. The van der Waals surface area contributed by atoms with Crippen LogP contribution in [0.5, 0.6) is 0 Å². The number of phosphoric ester groups is 1. The highest BCUT2D eigenvalue weighted by molar-refractivity contribution is 7.48. The predicted octanol–water partition coefficient (Wildman–Crippen LogP) is 3.43. The van der Waals surface area contributed by atoms with E-state index in [1.807, 2.05) is 27.7 Å². The summed E-state index contributed by atoms with van der Waals surface area (Å²) in [6.45, 7) is 11.3. The van der Waals surface area contributed by atoms with Gasteiger partial charge in [-0.25, -0.2) is 14.2 Å².